The summed E-state index contributed by atoms with van der Waals surface area (Å²) < 4.78 is 6.98. The summed E-state index contributed by atoms with van der Waals surface area (Å²) in [4.78, 5) is 11.3. The second-order valence-corrected chi connectivity index (χ2v) is 5.83. The Hall–Kier alpha value is -0.420. The van der Waals surface area contributed by atoms with Crippen LogP contribution < -0.4 is 0 Å². The number of methoxy groups -OCH3 is 1. The van der Waals surface area contributed by atoms with Crippen LogP contribution in [0.3, 0.4) is 0 Å². The number of carbonyl (C=O) groups excluding carboxylic acids is 1. The van der Waals surface area contributed by atoms with E-state index in [-0.39, 0.29) is 5.92 Å². The number of halogens is 1. The van der Waals surface area contributed by atoms with E-state index in [9.17, 15) is 4.79 Å². The first kappa shape index (κ1) is 13.0. The fraction of sp³-hybridized carbons (Fsp3) is 0.500. The summed E-state index contributed by atoms with van der Waals surface area (Å²) in [5, 5.41) is 0. The van der Waals surface area contributed by atoms with Crippen molar-refractivity contribution in [1.29, 1.82) is 0 Å². The molecule has 2 nitrogen and oxygen atoms in total. The number of hydrogen-bond donors (Lipinski definition) is 0. The highest BCUT2D eigenvalue weighted by atomic mass is 127. The smallest absolute Gasteiger partial charge is 0.126 e. The molecule has 1 saturated carbocycles. The third kappa shape index (κ3) is 2.40. The topological polar surface area (TPSA) is 26.3 Å². The van der Waals surface area contributed by atoms with Crippen molar-refractivity contribution in [3.63, 3.8) is 0 Å². The number of aldehydes is 1. The Kier molecular flexibility index (Phi) is 4.20. The second-order valence-electron chi connectivity index (χ2n) is 4.59. The van der Waals surface area contributed by atoms with E-state index in [4.69, 9.17) is 4.74 Å². The fourth-order valence-corrected chi connectivity index (χ4v) is 3.17. The highest BCUT2D eigenvalue weighted by Gasteiger charge is 2.42. The van der Waals surface area contributed by atoms with Gasteiger partial charge in [-0.25, -0.2) is 0 Å². The van der Waals surface area contributed by atoms with E-state index in [0.29, 0.717) is 0 Å². The van der Waals surface area contributed by atoms with E-state index in [0.717, 1.165) is 37.5 Å². The zero-order chi connectivity index (χ0) is 12.3. The highest BCUT2D eigenvalue weighted by Crippen LogP contribution is 2.43. The fourth-order valence-electron chi connectivity index (χ4n) is 2.81. The molecule has 2 atom stereocenters. The summed E-state index contributed by atoms with van der Waals surface area (Å²) >= 11 is 2.29. The Morgan fingerprint density at radius 2 is 2.06 bits per heavy atom. The SMILES string of the molecule is COC1(c2ccc(I)cc2)CCCCC1C=O. The summed E-state index contributed by atoms with van der Waals surface area (Å²) in [6.07, 6.45) is 5.19. The molecular formula is C14H17IO2. The van der Waals surface area contributed by atoms with Gasteiger partial charge in [0.2, 0.25) is 0 Å². The third-order valence-electron chi connectivity index (χ3n) is 3.77. The van der Waals surface area contributed by atoms with Crippen LogP contribution in [0, 0.1) is 9.49 Å². The lowest BCUT2D eigenvalue weighted by Crippen LogP contribution is -2.40. The molecule has 1 aliphatic rings. The van der Waals surface area contributed by atoms with Gasteiger partial charge in [0.15, 0.2) is 0 Å². The Balaban J connectivity index is 2.40. The van der Waals surface area contributed by atoms with Crippen LogP contribution in [0.15, 0.2) is 24.3 Å². The summed E-state index contributed by atoms with van der Waals surface area (Å²) in [5.74, 6) is -0.0127. The molecule has 0 N–H and O–H groups in total. The molecule has 0 spiro atoms. The van der Waals surface area contributed by atoms with Gasteiger partial charge in [-0.1, -0.05) is 25.0 Å². The van der Waals surface area contributed by atoms with Crippen molar-refractivity contribution in [2.45, 2.75) is 31.3 Å². The first-order chi connectivity index (χ1) is 8.23. The number of hydrogen-bond acceptors (Lipinski definition) is 2. The van der Waals surface area contributed by atoms with Crippen molar-refractivity contribution in [2.75, 3.05) is 7.11 Å². The lowest BCUT2D eigenvalue weighted by Gasteiger charge is -2.41. The van der Waals surface area contributed by atoms with Crippen LogP contribution in [-0.2, 0) is 15.1 Å². The summed E-state index contributed by atoms with van der Waals surface area (Å²) in [6.45, 7) is 0. The predicted octanol–water partition coefficient (Wildman–Crippen LogP) is 3.52. The van der Waals surface area contributed by atoms with Gasteiger partial charge in [0, 0.05) is 16.6 Å². The zero-order valence-electron chi connectivity index (χ0n) is 9.99. The largest absolute Gasteiger partial charge is 0.373 e. The molecule has 0 saturated heterocycles. The van der Waals surface area contributed by atoms with Crippen molar-refractivity contribution in [3.8, 4) is 0 Å². The molecule has 0 bridgehead atoms. The molecule has 1 aliphatic carbocycles. The van der Waals surface area contributed by atoms with Crippen LogP contribution in [0.2, 0.25) is 0 Å². The molecule has 0 heterocycles. The minimum absolute atomic E-state index is 0.0127. The third-order valence-corrected chi connectivity index (χ3v) is 4.49. The number of ether oxygens (including phenoxy) is 1. The Morgan fingerprint density at radius 3 is 2.65 bits per heavy atom. The van der Waals surface area contributed by atoms with E-state index in [2.05, 4.69) is 46.9 Å². The molecule has 3 heteroatoms. The molecule has 0 aliphatic heterocycles. The van der Waals surface area contributed by atoms with Gasteiger partial charge in [-0.3, -0.25) is 0 Å². The van der Waals surface area contributed by atoms with Crippen LogP contribution in [0.1, 0.15) is 31.2 Å². The first-order valence-corrected chi connectivity index (χ1v) is 7.07. The van der Waals surface area contributed by atoms with E-state index >= 15 is 0 Å². The van der Waals surface area contributed by atoms with Gasteiger partial charge in [0.1, 0.15) is 11.9 Å². The first-order valence-electron chi connectivity index (χ1n) is 5.99. The quantitative estimate of drug-likeness (QED) is 0.620. The molecule has 0 amide bonds. The molecule has 1 fully saturated rings. The molecule has 2 rings (SSSR count). The van der Waals surface area contributed by atoms with Gasteiger partial charge in [0.05, 0.1) is 0 Å². The summed E-state index contributed by atoms with van der Waals surface area (Å²) in [7, 11) is 1.72. The lowest BCUT2D eigenvalue weighted by atomic mass is 9.72. The minimum Gasteiger partial charge on any atom is -0.373 e. The zero-order valence-corrected chi connectivity index (χ0v) is 12.1. The van der Waals surface area contributed by atoms with Crippen molar-refractivity contribution < 1.29 is 9.53 Å². The molecule has 0 radical (unpaired) electrons. The van der Waals surface area contributed by atoms with E-state index in [1.54, 1.807) is 7.11 Å². The van der Waals surface area contributed by atoms with Gasteiger partial charge in [-0.2, -0.15) is 0 Å². The van der Waals surface area contributed by atoms with E-state index < -0.39 is 5.60 Å². The molecular weight excluding hydrogens is 327 g/mol. The van der Waals surface area contributed by atoms with Gasteiger partial charge >= 0.3 is 0 Å². The van der Waals surface area contributed by atoms with Crippen molar-refractivity contribution in [2.24, 2.45) is 5.92 Å². The standard InChI is InChI=1S/C14H17IO2/c1-17-14(9-3-2-4-12(14)10-16)11-5-7-13(15)8-6-11/h5-8,10,12H,2-4,9H2,1H3. The second kappa shape index (κ2) is 5.48. The Labute approximate surface area is 116 Å². The molecule has 1 aromatic rings. The Bertz CT molecular complexity index is 388. The van der Waals surface area contributed by atoms with Gasteiger partial charge in [-0.05, 0) is 53.1 Å². The molecule has 2 unspecified atom stereocenters. The van der Waals surface area contributed by atoms with Crippen LogP contribution in [0.5, 0.6) is 0 Å². The van der Waals surface area contributed by atoms with Crippen LogP contribution >= 0.6 is 22.6 Å². The van der Waals surface area contributed by atoms with Crippen LogP contribution in [0.25, 0.3) is 0 Å². The minimum atomic E-state index is -0.398. The highest BCUT2D eigenvalue weighted by molar-refractivity contribution is 14.1. The van der Waals surface area contributed by atoms with Gasteiger partial charge in [0.25, 0.3) is 0 Å². The van der Waals surface area contributed by atoms with E-state index in [1.807, 2.05) is 0 Å². The molecule has 92 valence electrons. The van der Waals surface area contributed by atoms with Gasteiger partial charge in [-0.15, -0.1) is 0 Å². The number of carbonyl (C=O) groups is 1. The number of benzene rings is 1. The summed E-state index contributed by atoms with van der Waals surface area (Å²) in [6, 6.07) is 8.33. The predicted molar refractivity (Wildman–Crippen MR) is 75.9 cm³/mol. The number of rotatable bonds is 3. The van der Waals surface area contributed by atoms with E-state index in [1.165, 1.54) is 3.57 Å². The van der Waals surface area contributed by atoms with Crippen molar-refractivity contribution in [3.05, 3.63) is 33.4 Å². The van der Waals surface area contributed by atoms with Crippen LogP contribution in [-0.4, -0.2) is 13.4 Å². The van der Waals surface area contributed by atoms with Crippen molar-refractivity contribution >= 4 is 28.9 Å². The molecule has 17 heavy (non-hydrogen) atoms. The Morgan fingerprint density at radius 1 is 1.35 bits per heavy atom. The van der Waals surface area contributed by atoms with Crippen molar-refractivity contribution in [1.82, 2.24) is 0 Å². The molecule has 1 aromatic carbocycles. The average molecular weight is 344 g/mol. The maximum Gasteiger partial charge on any atom is 0.126 e. The lowest BCUT2D eigenvalue weighted by molar-refractivity contribution is -0.131. The average Bonchev–Trinajstić information content (AvgIpc) is 2.39. The monoisotopic (exact) mass is 344 g/mol. The van der Waals surface area contributed by atoms with Gasteiger partial charge < -0.3 is 9.53 Å². The maximum atomic E-state index is 11.3. The van der Waals surface area contributed by atoms with Crippen LogP contribution in [0.4, 0.5) is 0 Å². The normalized spacial score (nSPS) is 28.9. The maximum absolute atomic E-state index is 11.3. The summed E-state index contributed by atoms with van der Waals surface area (Å²) in [5.41, 5.74) is 0.738. The molecule has 0 aromatic heterocycles.